The number of aromatic nitrogens is 4. The molecule has 0 unspecified atom stereocenters. The maximum atomic E-state index is 3.89. The number of hydrogen-bond acceptors (Lipinski definition) is 5. The number of tetrazole rings is 1. The van der Waals surface area contributed by atoms with E-state index >= 15 is 0 Å². The van der Waals surface area contributed by atoms with Gasteiger partial charge in [-0.2, -0.15) is 0 Å². The zero-order chi connectivity index (χ0) is 11.7. The summed E-state index contributed by atoms with van der Waals surface area (Å²) < 4.78 is 1.67. The molecular formula is C11H14N6. The van der Waals surface area contributed by atoms with Gasteiger partial charge in [-0.3, -0.25) is 0 Å². The third-order valence-electron chi connectivity index (χ3n) is 2.94. The molecule has 2 aromatic rings. The van der Waals surface area contributed by atoms with Crippen molar-refractivity contribution in [3.05, 3.63) is 30.1 Å². The molecule has 88 valence electrons. The molecule has 0 radical (unpaired) electrons. The highest BCUT2D eigenvalue weighted by Gasteiger charge is 2.16. The fraction of sp³-hybridized carbons (Fsp3) is 0.364. The van der Waals surface area contributed by atoms with Crippen molar-refractivity contribution in [2.45, 2.75) is 13.0 Å². The molecule has 1 aliphatic rings. The number of rotatable bonds is 3. The summed E-state index contributed by atoms with van der Waals surface area (Å²) in [5, 5.41) is 17.9. The normalized spacial score (nSPS) is 15.6. The van der Waals surface area contributed by atoms with E-state index in [1.54, 1.807) is 11.0 Å². The minimum atomic E-state index is 0.549. The first-order chi connectivity index (χ1) is 8.33. The summed E-state index contributed by atoms with van der Waals surface area (Å²) in [4.78, 5) is 0. The Morgan fingerprint density at radius 2 is 2.29 bits per heavy atom. The van der Waals surface area contributed by atoms with Gasteiger partial charge in [0.25, 0.3) is 0 Å². The van der Waals surface area contributed by atoms with E-state index in [4.69, 9.17) is 0 Å². The molecule has 0 atom stereocenters. The number of nitrogens with one attached hydrogen (secondary N) is 2. The van der Waals surface area contributed by atoms with Crippen molar-refractivity contribution in [1.82, 2.24) is 25.5 Å². The standard InChI is InChI=1S/C11H14N6/c1-8-4-9(14-10-5-12-6-10)2-3-11(8)17-7-13-15-16-17/h2-4,7,10,12,14H,5-6H2,1H3. The number of benzene rings is 1. The molecule has 1 aliphatic heterocycles. The minimum Gasteiger partial charge on any atom is -0.380 e. The van der Waals surface area contributed by atoms with Crippen molar-refractivity contribution in [2.75, 3.05) is 18.4 Å². The topological polar surface area (TPSA) is 67.7 Å². The molecule has 0 amide bonds. The lowest BCUT2D eigenvalue weighted by atomic mass is 10.1. The van der Waals surface area contributed by atoms with Crippen LogP contribution in [0.3, 0.4) is 0 Å². The Morgan fingerprint density at radius 3 is 2.88 bits per heavy atom. The lowest BCUT2D eigenvalue weighted by molar-refractivity contribution is 0.472. The van der Waals surface area contributed by atoms with Crippen LogP contribution in [0.2, 0.25) is 0 Å². The Bertz CT molecular complexity index is 503. The third-order valence-corrected chi connectivity index (χ3v) is 2.94. The van der Waals surface area contributed by atoms with E-state index < -0.39 is 0 Å². The van der Waals surface area contributed by atoms with Gasteiger partial charge in [0.15, 0.2) is 0 Å². The predicted molar refractivity (Wildman–Crippen MR) is 64.2 cm³/mol. The average Bonchev–Trinajstić information content (AvgIpc) is 2.77. The lowest BCUT2D eigenvalue weighted by Crippen LogP contribution is -2.51. The quantitative estimate of drug-likeness (QED) is 0.796. The Balaban J connectivity index is 1.83. The first kappa shape index (κ1) is 10.2. The highest BCUT2D eigenvalue weighted by molar-refractivity contribution is 5.54. The van der Waals surface area contributed by atoms with Gasteiger partial charge in [0, 0.05) is 18.8 Å². The molecule has 1 aromatic heterocycles. The largest absolute Gasteiger partial charge is 0.380 e. The van der Waals surface area contributed by atoms with Gasteiger partial charge in [0.1, 0.15) is 6.33 Å². The highest BCUT2D eigenvalue weighted by atomic mass is 15.5. The van der Waals surface area contributed by atoms with Crippen LogP contribution >= 0.6 is 0 Å². The zero-order valence-corrected chi connectivity index (χ0v) is 9.59. The molecule has 0 saturated carbocycles. The molecule has 3 rings (SSSR count). The zero-order valence-electron chi connectivity index (χ0n) is 9.59. The molecule has 17 heavy (non-hydrogen) atoms. The second-order valence-electron chi connectivity index (χ2n) is 4.26. The van der Waals surface area contributed by atoms with Gasteiger partial charge < -0.3 is 10.6 Å². The van der Waals surface area contributed by atoms with E-state index in [0.29, 0.717) is 6.04 Å². The predicted octanol–water partition coefficient (Wildman–Crippen LogP) is 0.354. The number of nitrogens with zero attached hydrogens (tertiary/aromatic N) is 4. The van der Waals surface area contributed by atoms with Crippen LogP contribution in [0.15, 0.2) is 24.5 Å². The van der Waals surface area contributed by atoms with Crippen molar-refractivity contribution < 1.29 is 0 Å². The van der Waals surface area contributed by atoms with E-state index in [9.17, 15) is 0 Å². The minimum absolute atomic E-state index is 0.549. The van der Waals surface area contributed by atoms with E-state index in [1.165, 1.54) is 0 Å². The first-order valence-corrected chi connectivity index (χ1v) is 5.64. The van der Waals surface area contributed by atoms with E-state index in [1.807, 2.05) is 6.07 Å². The Hall–Kier alpha value is -1.95. The number of hydrogen-bond donors (Lipinski definition) is 2. The van der Waals surface area contributed by atoms with E-state index in [2.05, 4.69) is 45.2 Å². The molecule has 6 nitrogen and oxygen atoms in total. The van der Waals surface area contributed by atoms with Crippen LogP contribution in [0.1, 0.15) is 5.56 Å². The second-order valence-corrected chi connectivity index (χ2v) is 4.26. The summed E-state index contributed by atoms with van der Waals surface area (Å²) in [6.45, 7) is 4.13. The summed E-state index contributed by atoms with van der Waals surface area (Å²) in [6, 6.07) is 6.76. The smallest absolute Gasteiger partial charge is 0.143 e. The average molecular weight is 230 g/mol. The molecule has 2 N–H and O–H groups in total. The van der Waals surface area contributed by atoms with Crippen molar-refractivity contribution in [2.24, 2.45) is 0 Å². The molecule has 0 bridgehead atoms. The number of anilines is 1. The Morgan fingerprint density at radius 1 is 1.41 bits per heavy atom. The van der Waals surface area contributed by atoms with Gasteiger partial charge in [-0.15, -0.1) is 5.10 Å². The van der Waals surface area contributed by atoms with Crippen molar-refractivity contribution >= 4 is 5.69 Å². The van der Waals surface area contributed by atoms with Gasteiger partial charge in [0.05, 0.1) is 11.7 Å². The van der Waals surface area contributed by atoms with Crippen molar-refractivity contribution in [3.63, 3.8) is 0 Å². The van der Waals surface area contributed by atoms with Crippen LogP contribution in [0.4, 0.5) is 5.69 Å². The molecule has 1 aromatic carbocycles. The second kappa shape index (κ2) is 4.14. The molecule has 6 heteroatoms. The third kappa shape index (κ3) is 1.99. The summed E-state index contributed by atoms with van der Waals surface area (Å²) in [6.07, 6.45) is 1.60. The van der Waals surface area contributed by atoms with Crippen LogP contribution < -0.4 is 10.6 Å². The highest BCUT2D eigenvalue weighted by Crippen LogP contribution is 2.18. The van der Waals surface area contributed by atoms with E-state index in [-0.39, 0.29) is 0 Å². The monoisotopic (exact) mass is 230 g/mol. The lowest BCUT2D eigenvalue weighted by Gasteiger charge is -2.29. The first-order valence-electron chi connectivity index (χ1n) is 5.64. The van der Waals surface area contributed by atoms with Gasteiger partial charge in [-0.1, -0.05) is 0 Å². The van der Waals surface area contributed by atoms with Gasteiger partial charge in [0.2, 0.25) is 0 Å². The summed E-state index contributed by atoms with van der Waals surface area (Å²) in [7, 11) is 0. The molecule has 2 heterocycles. The summed E-state index contributed by atoms with van der Waals surface area (Å²) in [5.74, 6) is 0. The molecular weight excluding hydrogens is 216 g/mol. The Kier molecular flexibility index (Phi) is 2.49. The maximum absolute atomic E-state index is 3.89. The van der Waals surface area contributed by atoms with Crippen molar-refractivity contribution in [1.29, 1.82) is 0 Å². The van der Waals surface area contributed by atoms with Crippen LogP contribution in [-0.4, -0.2) is 39.3 Å². The van der Waals surface area contributed by atoms with Crippen LogP contribution in [0.5, 0.6) is 0 Å². The molecule has 1 fully saturated rings. The number of aryl methyl sites for hydroxylation is 1. The van der Waals surface area contributed by atoms with Crippen molar-refractivity contribution in [3.8, 4) is 5.69 Å². The fourth-order valence-corrected chi connectivity index (χ4v) is 1.90. The fourth-order valence-electron chi connectivity index (χ4n) is 1.90. The molecule has 1 saturated heterocycles. The van der Waals surface area contributed by atoms with E-state index in [0.717, 1.165) is 30.0 Å². The maximum Gasteiger partial charge on any atom is 0.143 e. The van der Waals surface area contributed by atoms with Gasteiger partial charge in [-0.25, -0.2) is 4.68 Å². The Labute approximate surface area is 99.0 Å². The summed E-state index contributed by atoms with van der Waals surface area (Å²) in [5.41, 5.74) is 3.30. The SMILES string of the molecule is Cc1cc(NC2CNC2)ccc1-n1cnnn1. The molecule has 0 spiro atoms. The van der Waals surface area contributed by atoms with Crippen LogP contribution in [0.25, 0.3) is 5.69 Å². The molecule has 0 aliphatic carbocycles. The van der Waals surface area contributed by atoms with Gasteiger partial charge in [-0.05, 0) is 41.1 Å². The van der Waals surface area contributed by atoms with Gasteiger partial charge >= 0.3 is 0 Å². The summed E-state index contributed by atoms with van der Waals surface area (Å²) >= 11 is 0. The van der Waals surface area contributed by atoms with Crippen LogP contribution in [-0.2, 0) is 0 Å². The van der Waals surface area contributed by atoms with Crippen LogP contribution in [0, 0.1) is 6.92 Å².